The van der Waals surface area contributed by atoms with Gasteiger partial charge in [0.1, 0.15) is 0 Å². The highest BCUT2D eigenvalue weighted by Crippen LogP contribution is 2.30. The molecule has 1 unspecified atom stereocenters. The van der Waals surface area contributed by atoms with Crippen molar-refractivity contribution in [2.24, 2.45) is 0 Å². The number of rotatable bonds is 4. The van der Waals surface area contributed by atoms with Gasteiger partial charge in [0, 0.05) is 35.2 Å². The van der Waals surface area contributed by atoms with Gasteiger partial charge in [0.15, 0.2) is 0 Å². The van der Waals surface area contributed by atoms with Gasteiger partial charge in [-0.3, -0.25) is 4.98 Å². The third-order valence-electron chi connectivity index (χ3n) is 5.09. The molecule has 1 aliphatic rings. The van der Waals surface area contributed by atoms with Crippen molar-refractivity contribution in [3.63, 3.8) is 0 Å². The Labute approximate surface area is 150 Å². The average Bonchev–Trinajstić information content (AvgIpc) is 3.38. The van der Waals surface area contributed by atoms with Gasteiger partial charge in [-0.1, -0.05) is 24.3 Å². The van der Waals surface area contributed by atoms with E-state index in [1.165, 1.54) is 32.5 Å². The van der Waals surface area contributed by atoms with E-state index in [0.29, 0.717) is 6.04 Å². The van der Waals surface area contributed by atoms with Crippen molar-refractivity contribution in [2.75, 3.05) is 0 Å². The molecule has 3 aromatic heterocycles. The minimum Gasteiger partial charge on any atom is -0.360 e. The number of hydrogen-bond acceptors (Lipinski definition) is 3. The van der Waals surface area contributed by atoms with Crippen LogP contribution in [0.25, 0.3) is 21.3 Å². The molecule has 0 fully saturated rings. The van der Waals surface area contributed by atoms with Gasteiger partial charge in [0.2, 0.25) is 0 Å². The highest BCUT2D eigenvalue weighted by molar-refractivity contribution is 7.13. The molecular weight excluding hydrogens is 326 g/mol. The summed E-state index contributed by atoms with van der Waals surface area (Å²) in [6.45, 7) is 0.889. The van der Waals surface area contributed by atoms with Crippen molar-refractivity contribution in [3.8, 4) is 10.4 Å². The molecule has 0 aliphatic heterocycles. The first kappa shape index (κ1) is 14.9. The second kappa shape index (κ2) is 6.14. The normalized spacial score (nSPS) is 16.4. The summed E-state index contributed by atoms with van der Waals surface area (Å²) in [5.41, 5.74) is 6.74. The number of nitrogens with one attached hydrogen (secondary N) is 2. The van der Waals surface area contributed by atoms with Crippen LogP contribution in [0, 0.1) is 0 Å². The molecule has 0 radical (unpaired) electrons. The molecule has 1 aromatic carbocycles. The summed E-state index contributed by atoms with van der Waals surface area (Å²) >= 11 is 1.81. The molecule has 1 atom stereocenters. The number of H-pyrrole nitrogens is 1. The van der Waals surface area contributed by atoms with E-state index in [1.807, 2.05) is 23.7 Å². The number of aromatic amines is 1. The molecule has 5 rings (SSSR count). The molecule has 0 saturated heterocycles. The molecule has 0 bridgehead atoms. The predicted molar refractivity (Wildman–Crippen MR) is 104 cm³/mol. The predicted octanol–water partition coefficient (Wildman–Crippen LogP) is 4.55. The lowest BCUT2D eigenvalue weighted by atomic mass is 10.1. The monoisotopic (exact) mass is 345 g/mol. The van der Waals surface area contributed by atoms with Crippen LogP contribution in [0.5, 0.6) is 0 Å². The molecule has 124 valence electrons. The summed E-state index contributed by atoms with van der Waals surface area (Å²) in [7, 11) is 0. The Kier molecular flexibility index (Phi) is 3.65. The van der Waals surface area contributed by atoms with Crippen molar-refractivity contribution in [3.05, 3.63) is 77.1 Å². The summed E-state index contributed by atoms with van der Waals surface area (Å²) in [5, 5.41) is 7.14. The van der Waals surface area contributed by atoms with E-state index in [2.05, 4.69) is 63.3 Å². The number of pyridine rings is 1. The van der Waals surface area contributed by atoms with E-state index < -0.39 is 0 Å². The SMILES string of the molecule is c1csc(-c2ccc3c(c2)CC(NCc2c[nH]c4cnccc24)C3)c1. The third-order valence-corrected chi connectivity index (χ3v) is 6.01. The highest BCUT2D eigenvalue weighted by atomic mass is 32.1. The van der Waals surface area contributed by atoms with Crippen molar-refractivity contribution in [1.82, 2.24) is 15.3 Å². The Balaban J connectivity index is 1.30. The Bertz CT molecular complexity index is 1020. The van der Waals surface area contributed by atoms with Crippen LogP contribution in [0.1, 0.15) is 16.7 Å². The van der Waals surface area contributed by atoms with Crippen LogP contribution in [0.4, 0.5) is 0 Å². The number of thiophene rings is 1. The first-order valence-corrected chi connectivity index (χ1v) is 9.54. The maximum Gasteiger partial charge on any atom is 0.0643 e. The summed E-state index contributed by atoms with van der Waals surface area (Å²) in [5.74, 6) is 0. The molecule has 4 heteroatoms. The Morgan fingerprint density at radius 3 is 3.04 bits per heavy atom. The molecule has 1 aliphatic carbocycles. The van der Waals surface area contributed by atoms with E-state index in [-0.39, 0.29) is 0 Å². The standard InChI is InChI=1S/C21H19N3S/c1-2-21(25-7-1)15-4-3-14-9-18(10-16(14)8-15)23-11-17-12-24-20-13-22-6-5-19(17)20/h1-8,12-13,18,23-24H,9-11H2. The second-order valence-electron chi connectivity index (χ2n) is 6.68. The molecule has 4 aromatic rings. The molecule has 3 nitrogen and oxygen atoms in total. The zero-order valence-corrected chi connectivity index (χ0v) is 14.6. The number of aromatic nitrogens is 2. The zero-order valence-electron chi connectivity index (χ0n) is 13.8. The van der Waals surface area contributed by atoms with Gasteiger partial charge in [0.25, 0.3) is 0 Å². The average molecular weight is 345 g/mol. The lowest BCUT2D eigenvalue weighted by Crippen LogP contribution is -2.28. The summed E-state index contributed by atoms with van der Waals surface area (Å²) in [6, 6.07) is 13.9. The van der Waals surface area contributed by atoms with Crippen LogP contribution in [0.3, 0.4) is 0 Å². The number of hydrogen-bond donors (Lipinski definition) is 2. The van der Waals surface area contributed by atoms with Crippen molar-refractivity contribution < 1.29 is 0 Å². The summed E-state index contributed by atoms with van der Waals surface area (Å²) in [6.07, 6.45) is 8.06. The topological polar surface area (TPSA) is 40.7 Å². The first-order chi connectivity index (χ1) is 12.4. The van der Waals surface area contributed by atoms with E-state index in [1.54, 1.807) is 0 Å². The van der Waals surface area contributed by atoms with E-state index in [0.717, 1.165) is 24.9 Å². The molecular formula is C21H19N3S. The summed E-state index contributed by atoms with van der Waals surface area (Å²) in [4.78, 5) is 8.83. The molecule has 0 amide bonds. The van der Waals surface area contributed by atoms with Crippen LogP contribution in [0.15, 0.2) is 60.4 Å². The molecule has 0 spiro atoms. The van der Waals surface area contributed by atoms with E-state index in [9.17, 15) is 0 Å². The van der Waals surface area contributed by atoms with E-state index >= 15 is 0 Å². The Hall–Kier alpha value is -2.43. The van der Waals surface area contributed by atoms with Crippen LogP contribution in [-0.4, -0.2) is 16.0 Å². The smallest absolute Gasteiger partial charge is 0.0643 e. The van der Waals surface area contributed by atoms with Gasteiger partial charge in [-0.25, -0.2) is 0 Å². The van der Waals surface area contributed by atoms with Crippen LogP contribution < -0.4 is 5.32 Å². The van der Waals surface area contributed by atoms with Gasteiger partial charge < -0.3 is 10.3 Å². The van der Waals surface area contributed by atoms with Crippen molar-refractivity contribution in [1.29, 1.82) is 0 Å². The quantitative estimate of drug-likeness (QED) is 0.570. The second-order valence-corrected chi connectivity index (χ2v) is 7.63. The summed E-state index contributed by atoms with van der Waals surface area (Å²) < 4.78 is 0. The van der Waals surface area contributed by atoms with Gasteiger partial charge in [-0.05, 0) is 52.6 Å². The molecule has 3 heterocycles. The largest absolute Gasteiger partial charge is 0.360 e. The lowest BCUT2D eigenvalue weighted by Gasteiger charge is -2.11. The van der Waals surface area contributed by atoms with Crippen molar-refractivity contribution >= 4 is 22.2 Å². The van der Waals surface area contributed by atoms with Crippen LogP contribution in [0.2, 0.25) is 0 Å². The van der Waals surface area contributed by atoms with E-state index in [4.69, 9.17) is 0 Å². The fraction of sp³-hybridized carbons (Fsp3) is 0.190. The van der Waals surface area contributed by atoms with Gasteiger partial charge in [0.05, 0.1) is 11.7 Å². The van der Waals surface area contributed by atoms with Gasteiger partial charge >= 0.3 is 0 Å². The van der Waals surface area contributed by atoms with Gasteiger partial charge in [-0.2, -0.15) is 0 Å². The Morgan fingerprint density at radius 1 is 1.16 bits per heavy atom. The first-order valence-electron chi connectivity index (χ1n) is 8.66. The third kappa shape index (κ3) is 2.77. The zero-order chi connectivity index (χ0) is 16.6. The van der Waals surface area contributed by atoms with Gasteiger partial charge in [-0.15, -0.1) is 11.3 Å². The molecule has 0 saturated carbocycles. The molecule has 25 heavy (non-hydrogen) atoms. The number of fused-ring (bicyclic) bond motifs is 2. The lowest BCUT2D eigenvalue weighted by molar-refractivity contribution is 0.534. The fourth-order valence-electron chi connectivity index (χ4n) is 3.79. The fourth-order valence-corrected chi connectivity index (χ4v) is 4.52. The minimum absolute atomic E-state index is 0.514. The Morgan fingerprint density at radius 2 is 2.12 bits per heavy atom. The number of nitrogens with zero attached hydrogens (tertiary/aromatic N) is 1. The number of benzene rings is 1. The van der Waals surface area contributed by atoms with Crippen molar-refractivity contribution in [2.45, 2.75) is 25.4 Å². The maximum absolute atomic E-state index is 4.17. The highest BCUT2D eigenvalue weighted by Gasteiger charge is 2.21. The molecule has 2 N–H and O–H groups in total. The van der Waals surface area contributed by atoms with Crippen LogP contribution in [-0.2, 0) is 19.4 Å². The van der Waals surface area contributed by atoms with Crippen LogP contribution >= 0.6 is 11.3 Å². The maximum atomic E-state index is 4.17. The minimum atomic E-state index is 0.514.